The van der Waals surface area contributed by atoms with Gasteiger partial charge < -0.3 is 5.11 Å². The molecule has 0 radical (unpaired) electrons. The molecule has 1 fully saturated rings. The number of piperidine rings is 1. The molecule has 1 unspecified atom stereocenters. The van der Waals surface area contributed by atoms with Gasteiger partial charge in [-0.15, -0.1) is 0 Å². The van der Waals surface area contributed by atoms with E-state index in [-0.39, 0.29) is 16.5 Å². The van der Waals surface area contributed by atoms with Gasteiger partial charge in [-0.2, -0.15) is 4.31 Å². The third-order valence-electron chi connectivity index (χ3n) is 3.76. The van der Waals surface area contributed by atoms with Crippen molar-refractivity contribution in [1.29, 1.82) is 0 Å². The lowest BCUT2D eigenvalue weighted by Gasteiger charge is -2.32. The minimum atomic E-state index is -3.63. The van der Waals surface area contributed by atoms with Crippen LogP contribution in [0.15, 0.2) is 23.1 Å². The van der Waals surface area contributed by atoms with Crippen LogP contribution in [0, 0.1) is 6.92 Å². The van der Waals surface area contributed by atoms with Crippen molar-refractivity contribution in [3.8, 4) is 0 Å². The lowest BCUT2D eigenvalue weighted by Crippen LogP contribution is -2.42. The summed E-state index contributed by atoms with van der Waals surface area (Å²) in [6.07, 6.45) is 2.72. The van der Waals surface area contributed by atoms with Crippen LogP contribution in [-0.2, 0) is 10.0 Å². The summed E-state index contributed by atoms with van der Waals surface area (Å²) in [4.78, 5) is 11.1. The number of carbonyl (C=O) groups is 1. The maximum Gasteiger partial charge on any atom is 0.335 e. The molecule has 0 saturated carbocycles. The molecule has 20 heavy (non-hydrogen) atoms. The van der Waals surface area contributed by atoms with E-state index >= 15 is 0 Å². The summed E-state index contributed by atoms with van der Waals surface area (Å²) in [5.74, 6) is -1.12. The first kappa shape index (κ1) is 15.0. The molecular weight excluding hydrogens is 278 g/mol. The largest absolute Gasteiger partial charge is 0.478 e. The molecule has 1 aliphatic heterocycles. The summed E-state index contributed by atoms with van der Waals surface area (Å²) >= 11 is 0. The van der Waals surface area contributed by atoms with E-state index in [0.29, 0.717) is 12.1 Å². The molecule has 1 heterocycles. The van der Waals surface area contributed by atoms with E-state index in [1.165, 1.54) is 16.4 Å². The van der Waals surface area contributed by atoms with Gasteiger partial charge in [-0.1, -0.05) is 12.5 Å². The highest BCUT2D eigenvalue weighted by atomic mass is 32.2. The molecule has 6 heteroatoms. The van der Waals surface area contributed by atoms with Crippen LogP contribution in [0.5, 0.6) is 0 Å². The topological polar surface area (TPSA) is 74.7 Å². The number of hydrogen-bond donors (Lipinski definition) is 1. The molecule has 0 spiro atoms. The van der Waals surface area contributed by atoms with E-state index in [2.05, 4.69) is 0 Å². The second kappa shape index (κ2) is 5.54. The summed E-state index contributed by atoms with van der Waals surface area (Å²) in [5.41, 5.74) is 0.576. The van der Waals surface area contributed by atoms with E-state index in [0.717, 1.165) is 19.3 Å². The molecular formula is C14H19NO4S. The minimum absolute atomic E-state index is 0.00108. The van der Waals surface area contributed by atoms with Crippen LogP contribution in [0.3, 0.4) is 0 Å². The number of hydrogen-bond acceptors (Lipinski definition) is 3. The second-order valence-corrected chi connectivity index (χ2v) is 7.10. The fourth-order valence-electron chi connectivity index (χ4n) is 2.57. The maximum atomic E-state index is 12.7. The number of carboxylic acids is 1. The number of nitrogens with zero attached hydrogens (tertiary/aromatic N) is 1. The van der Waals surface area contributed by atoms with Gasteiger partial charge in [0, 0.05) is 12.6 Å². The molecule has 1 aromatic carbocycles. The van der Waals surface area contributed by atoms with Crippen molar-refractivity contribution >= 4 is 16.0 Å². The van der Waals surface area contributed by atoms with Crippen LogP contribution in [0.25, 0.3) is 0 Å². The van der Waals surface area contributed by atoms with Crippen molar-refractivity contribution in [2.24, 2.45) is 0 Å². The van der Waals surface area contributed by atoms with Gasteiger partial charge in [0.2, 0.25) is 10.0 Å². The highest BCUT2D eigenvalue weighted by molar-refractivity contribution is 7.89. The zero-order valence-electron chi connectivity index (χ0n) is 11.7. The Balaban J connectivity index is 2.48. The molecule has 1 N–H and O–H groups in total. The average molecular weight is 297 g/mol. The number of benzene rings is 1. The Kier molecular flexibility index (Phi) is 4.15. The molecule has 2 rings (SSSR count). The quantitative estimate of drug-likeness (QED) is 0.928. The maximum absolute atomic E-state index is 12.7. The van der Waals surface area contributed by atoms with Crippen molar-refractivity contribution in [1.82, 2.24) is 4.31 Å². The summed E-state index contributed by atoms with van der Waals surface area (Å²) in [7, 11) is -3.63. The SMILES string of the molecule is Cc1ccc(C(=O)O)cc1S(=O)(=O)N1CCCCC1C. The lowest BCUT2D eigenvalue weighted by molar-refractivity contribution is 0.0696. The van der Waals surface area contributed by atoms with Crippen LogP contribution >= 0.6 is 0 Å². The second-order valence-electron chi connectivity index (χ2n) is 5.25. The fraction of sp³-hybridized carbons (Fsp3) is 0.500. The van der Waals surface area contributed by atoms with Crippen LogP contribution in [0.2, 0.25) is 0 Å². The third kappa shape index (κ3) is 2.71. The van der Waals surface area contributed by atoms with Gasteiger partial charge in [0.15, 0.2) is 0 Å². The van der Waals surface area contributed by atoms with E-state index in [1.54, 1.807) is 13.0 Å². The number of aryl methyl sites for hydroxylation is 1. The summed E-state index contributed by atoms with van der Waals surface area (Å²) in [5, 5.41) is 9.02. The molecule has 1 saturated heterocycles. The molecule has 0 aliphatic carbocycles. The number of carboxylic acid groups (broad SMARTS) is 1. The van der Waals surface area contributed by atoms with Gasteiger partial charge in [0.25, 0.3) is 0 Å². The Bertz CT molecular complexity index is 624. The van der Waals surface area contributed by atoms with Crippen molar-refractivity contribution < 1.29 is 18.3 Å². The van der Waals surface area contributed by atoms with E-state index in [9.17, 15) is 13.2 Å². The van der Waals surface area contributed by atoms with Crippen molar-refractivity contribution in [2.45, 2.75) is 44.0 Å². The first-order valence-electron chi connectivity index (χ1n) is 6.70. The monoisotopic (exact) mass is 297 g/mol. The normalized spacial score (nSPS) is 20.8. The van der Waals surface area contributed by atoms with Crippen LogP contribution in [0.1, 0.15) is 42.1 Å². The fourth-order valence-corrected chi connectivity index (χ4v) is 4.52. The molecule has 1 atom stereocenters. The Labute approximate surface area is 119 Å². The zero-order valence-corrected chi connectivity index (χ0v) is 12.5. The van der Waals surface area contributed by atoms with Gasteiger partial charge in [-0.25, -0.2) is 13.2 Å². The minimum Gasteiger partial charge on any atom is -0.478 e. The van der Waals surface area contributed by atoms with Gasteiger partial charge in [-0.05, 0) is 44.4 Å². The van der Waals surface area contributed by atoms with Crippen LogP contribution in [0.4, 0.5) is 0 Å². The molecule has 0 bridgehead atoms. The Morgan fingerprint density at radius 1 is 1.35 bits per heavy atom. The number of sulfonamides is 1. The molecule has 1 aromatic rings. The summed E-state index contributed by atoms with van der Waals surface area (Å²) in [6, 6.07) is 4.19. The summed E-state index contributed by atoms with van der Waals surface area (Å²) < 4.78 is 26.9. The third-order valence-corrected chi connectivity index (χ3v) is 5.92. The first-order valence-corrected chi connectivity index (χ1v) is 8.14. The Hall–Kier alpha value is -1.40. The highest BCUT2D eigenvalue weighted by Gasteiger charge is 2.32. The molecule has 1 aliphatic rings. The molecule has 110 valence electrons. The van der Waals surface area contributed by atoms with Gasteiger partial charge >= 0.3 is 5.97 Å². The zero-order chi connectivity index (χ0) is 14.9. The van der Waals surface area contributed by atoms with Gasteiger partial charge in [-0.3, -0.25) is 0 Å². The smallest absolute Gasteiger partial charge is 0.335 e. The lowest BCUT2D eigenvalue weighted by atomic mass is 10.1. The summed E-state index contributed by atoms with van der Waals surface area (Å²) in [6.45, 7) is 4.08. The average Bonchev–Trinajstić information content (AvgIpc) is 2.39. The number of rotatable bonds is 3. The Morgan fingerprint density at radius 2 is 2.05 bits per heavy atom. The highest BCUT2D eigenvalue weighted by Crippen LogP contribution is 2.27. The predicted molar refractivity (Wildman–Crippen MR) is 75.3 cm³/mol. The standard InChI is InChI=1S/C14H19NO4S/c1-10-6-7-12(14(16)17)9-13(10)20(18,19)15-8-4-3-5-11(15)2/h6-7,9,11H,3-5,8H2,1-2H3,(H,16,17). The predicted octanol–water partition coefficient (Wildman–Crippen LogP) is 2.26. The van der Waals surface area contributed by atoms with E-state index in [1.807, 2.05) is 6.92 Å². The Morgan fingerprint density at radius 3 is 2.65 bits per heavy atom. The molecule has 0 aromatic heterocycles. The van der Waals surface area contributed by atoms with E-state index < -0.39 is 16.0 Å². The number of aromatic carboxylic acids is 1. The van der Waals surface area contributed by atoms with Crippen molar-refractivity contribution in [2.75, 3.05) is 6.54 Å². The molecule has 0 amide bonds. The first-order chi connectivity index (χ1) is 9.34. The molecule has 5 nitrogen and oxygen atoms in total. The van der Waals surface area contributed by atoms with Gasteiger partial charge in [0.1, 0.15) is 0 Å². The van der Waals surface area contributed by atoms with Crippen molar-refractivity contribution in [3.63, 3.8) is 0 Å². The van der Waals surface area contributed by atoms with E-state index in [4.69, 9.17) is 5.11 Å². The van der Waals surface area contributed by atoms with Crippen LogP contribution < -0.4 is 0 Å². The van der Waals surface area contributed by atoms with Crippen LogP contribution in [-0.4, -0.2) is 36.4 Å². The van der Waals surface area contributed by atoms with Gasteiger partial charge in [0.05, 0.1) is 10.5 Å². The van der Waals surface area contributed by atoms with Crippen molar-refractivity contribution in [3.05, 3.63) is 29.3 Å².